The van der Waals surface area contributed by atoms with Crippen molar-refractivity contribution >= 4 is 43.5 Å². The van der Waals surface area contributed by atoms with Gasteiger partial charge >= 0.3 is 5.97 Å². The molecule has 5 heteroatoms. The average molecular weight is 368 g/mol. The van der Waals surface area contributed by atoms with Crippen LogP contribution in [0.3, 0.4) is 0 Å². The van der Waals surface area contributed by atoms with Crippen molar-refractivity contribution in [1.29, 1.82) is 0 Å². The number of rotatable bonds is 3. The van der Waals surface area contributed by atoms with Crippen molar-refractivity contribution in [3.05, 3.63) is 27.7 Å². The van der Waals surface area contributed by atoms with E-state index in [0.29, 0.717) is 6.42 Å². The van der Waals surface area contributed by atoms with E-state index < -0.39 is 11.4 Å². The minimum atomic E-state index is -0.648. The summed E-state index contributed by atoms with van der Waals surface area (Å²) in [6.07, 6.45) is 6.47. The SMILES string of the molecule is O=C(O)C1(Cc2nc3cc(Br)ccc3s2)CCCCCC1. The fourth-order valence-electron chi connectivity index (χ4n) is 3.18. The molecule has 0 unspecified atom stereocenters. The third-order valence-corrected chi connectivity index (χ3v) is 5.93. The molecule has 1 heterocycles. The summed E-state index contributed by atoms with van der Waals surface area (Å²) in [5, 5.41) is 10.7. The lowest BCUT2D eigenvalue weighted by molar-refractivity contribution is -0.149. The largest absolute Gasteiger partial charge is 0.481 e. The van der Waals surface area contributed by atoms with Crippen molar-refractivity contribution in [2.24, 2.45) is 5.41 Å². The van der Waals surface area contributed by atoms with Crippen LogP contribution < -0.4 is 0 Å². The summed E-state index contributed by atoms with van der Waals surface area (Å²) in [6.45, 7) is 0. The predicted octanol–water partition coefficient (Wildman–Crippen LogP) is 5.03. The van der Waals surface area contributed by atoms with E-state index in [2.05, 4.69) is 20.9 Å². The van der Waals surface area contributed by atoms with E-state index in [0.717, 1.165) is 58.2 Å². The molecule has 2 aromatic rings. The predicted molar refractivity (Wildman–Crippen MR) is 88.8 cm³/mol. The molecule has 1 aromatic carbocycles. The van der Waals surface area contributed by atoms with Crippen molar-refractivity contribution in [3.8, 4) is 0 Å². The summed E-state index contributed by atoms with van der Waals surface area (Å²) in [5.41, 5.74) is 0.347. The van der Waals surface area contributed by atoms with Gasteiger partial charge in [0.1, 0.15) is 0 Å². The fourth-order valence-corrected chi connectivity index (χ4v) is 4.63. The minimum absolute atomic E-state index is 0.569. The van der Waals surface area contributed by atoms with Gasteiger partial charge in [0.2, 0.25) is 0 Å². The highest BCUT2D eigenvalue weighted by Gasteiger charge is 2.39. The summed E-state index contributed by atoms with van der Waals surface area (Å²) in [4.78, 5) is 16.5. The van der Waals surface area contributed by atoms with E-state index in [1.165, 1.54) is 0 Å². The number of carboxylic acid groups (broad SMARTS) is 1. The van der Waals surface area contributed by atoms with Crippen LogP contribution in [0.2, 0.25) is 0 Å². The molecule has 1 fully saturated rings. The Kier molecular flexibility index (Phi) is 4.31. The van der Waals surface area contributed by atoms with Crippen LogP contribution >= 0.6 is 27.3 Å². The van der Waals surface area contributed by atoms with Gasteiger partial charge in [0, 0.05) is 10.9 Å². The summed E-state index contributed by atoms with van der Waals surface area (Å²) < 4.78 is 2.14. The number of thiazole rings is 1. The summed E-state index contributed by atoms with van der Waals surface area (Å²) in [5.74, 6) is -0.648. The van der Waals surface area contributed by atoms with Crippen LogP contribution in [0.4, 0.5) is 0 Å². The normalized spacial score (nSPS) is 18.5. The Hall–Kier alpha value is -0.940. The Morgan fingerprint density at radius 3 is 2.67 bits per heavy atom. The zero-order chi connectivity index (χ0) is 14.9. The van der Waals surface area contributed by atoms with Crippen molar-refractivity contribution in [3.63, 3.8) is 0 Å². The van der Waals surface area contributed by atoms with E-state index in [1.807, 2.05) is 18.2 Å². The molecule has 112 valence electrons. The molecule has 1 N–H and O–H groups in total. The van der Waals surface area contributed by atoms with Crippen LogP contribution in [0.5, 0.6) is 0 Å². The lowest BCUT2D eigenvalue weighted by Crippen LogP contribution is -2.32. The number of fused-ring (bicyclic) bond motifs is 1. The summed E-state index contributed by atoms with van der Waals surface area (Å²) in [6, 6.07) is 6.04. The molecule has 3 nitrogen and oxygen atoms in total. The minimum Gasteiger partial charge on any atom is -0.481 e. The maximum Gasteiger partial charge on any atom is 0.310 e. The molecule has 0 atom stereocenters. The van der Waals surface area contributed by atoms with Gasteiger partial charge in [-0.2, -0.15) is 0 Å². The number of aromatic nitrogens is 1. The van der Waals surface area contributed by atoms with E-state index >= 15 is 0 Å². The Balaban J connectivity index is 1.91. The van der Waals surface area contributed by atoms with E-state index in [9.17, 15) is 9.90 Å². The van der Waals surface area contributed by atoms with Crippen LogP contribution in [0, 0.1) is 5.41 Å². The second-order valence-electron chi connectivity index (χ2n) is 5.90. The molecule has 0 aliphatic heterocycles. The van der Waals surface area contributed by atoms with Crippen molar-refractivity contribution < 1.29 is 9.90 Å². The third-order valence-electron chi connectivity index (χ3n) is 4.40. The molecule has 1 aromatic heterocycles. The van der Waals surface area contributed by atoms with Gasteiger partial charge in [-0.1, -0.05) is 41.6 Å². The van der Waals surface area contributed by atoms with Crippen molar-refractivity contribution in [2.45, 2.75) is 44.9 Å². The Bertz CT molecular complexity index is 659. The number of carboxylic acids is 1. The maximum atomic E-state index is 11.9. The maximum absolute atomic E-state index is 11.9. The monoisotopic (exact) mass is 367 g/mol. The Morgan fingerprint density at radius 1 is 1.29 bits per heavy atom. The lowest BCUT2D eigenvalue weighted by atomic mass is 9.78. The van der Waals surface area contributed by atoms with Gasteiger partial charge in [-0.3, -0.25) is 4.79 Å². The third kappa shape index (κ3) is 3.14. The highest BCUT2D eigenvalue weighted by Crippen LogP contribution is 2.40. The summed E-state index contributed by atoms with van der Waals surface area (Å²) in [7, 11) is 0. The van der Waals surface area contributed by atoms with E-state index in [4.69, 9.17) is 0 Å². The molecule has 0 amide bonds. The van der Waals surface area contributed by atoms with Gasteiger partial charge in [0.05, 0.1) is 20.6 Å². The van der Waals surface area contributed by atoms with Gasteiger partial charge in [-0.05, 0) is 31.0 Å². The molecule has 0 radical (unpaired) electrons. The van der Waals surface area contributed by atoms with Crippen LogP contribution in [0.15, 0.2) is 22.7 Å². The Morgan fingerprint density at radius 2 is 2.00 bits per heavy atom. The molecular weight excluding hydrogens is 350 g/mol. The topological polar surface area (TPSA) is 50.2 Å². The molecule has 1 aliphatic carbocycles. The van der Waals surface area contributed by atoms with Gasteiger partial charge in [0.25, 0.3) is 0 Å². The second-order valence-corrected chi connectivity index (χ2v) is 7.93. The first kappa shape index (κ1) is 15.0. The number of carbonyl (C=O) groups is 1. The number of aliphatic carboxylic acids is 1. The van der Waals surface area contributed by atoms with E-state index in [1.54, 1.807) is 11.3 Å². The van der Waals surface area contributed by atoms with Crippen LogP contribution in [0.1, 0.15) is 43.5 Å². The number of hydrogen-bond acceptors (Lipinski definition) is 3. The van der Waals surface area contributed by atoms with Gasteiger partial charge in [0.15, 0.2) is 0 Å². The number of halogens is 1. The van der Waals surface area contributed by atoms with Crippen LogP contribution in [0.25, 0.3) is 10.2 Å². The number of nitrogens with zero attached hydrogens (tertiary/aromatic N) is 1. The lowest BCUT2D eigenvalue weighted by Gasteiger charge is -2.26. The highest BCUT2D eigenvalue weighted by molar-refractivity contribution is 9.10. The molecule has 21 heavy (non-hydrogen) atoms. The Labute approximate surface area is 136 Å². The molecule has 1 saturated carbocycles. The van der Waals surface area contributed by atoms with Gasteiger partial charge < -0.3 is 5.11 Å². The zero-order valence-electron chi connectivity index (χ0n) is 11.8. The van der Waals surface area contributed by atoms with Crippen molar-refractivity contribution in [1.82, 2.24) is 4.98 Å². The first-order valence-electron chi connectivity index (χ1n) is 7.37. The number of benzene rings is 1. The first-order chi connectivity index (χ1) is 10.1. The van der Waals surface area contributed by atoms with Gasteiger partial charge in [-0.25, -0.2) is 4.98 Å². The van der Waals surface area contributed by atoms with Gasteiger partial charge in [-0.15, -0.1) is 11.3 Å². The second kappa shape index (κ2) is 6.05. The highest BCUT2D eigenvalue weighted by atomic mass is 79.9. The van der Waals surface area contributed by atoms with E-state index in [-0.39, 0.29) is 0 Å². The fraction of sp³-hybridized carbons (Fsp3) is 0.500. The first-order valence-corrected chi connectivity index (χ1v) is 8.98. The molecule has 1 aliphatic rings. The van der Waals surface area contributed by atoms with Crippen LogP contribution in [-0.4, -0.2) is 16.1 Å². The number of hydrogen-bond donors (Lipinski definition) is 1. The average Bonchev–Trinajstić information content (AvgIpc) is 2.67. The molecule has 3 rings (SSSR count). The molecule has 0 spiro atoms. The summed E-state index contributed by atoms with van der Waals surface area (Å²) >= 11 is 5.08. The standard InChI is InChI=1S/C16H18BrNO2S/c17-11-5-6-13-12(9-11)18-14(21-13)10-16(15(19)20)7-3-1-2-4-8-16/h5-6,9H,1-4,7-8,10H2,(H,19,20). The zero-order valence-corrected chi connectivity index (χ0v) is 14.2. The molecular formula is C16H18BrNO2S. The molecule has 0 bridgehead atoms. The van der Waals surface area contributed by atoms with Crippen LogP contribution in [-0.2, 0) is 11.2 Å². The molecule has 0 saturated heterocycles. The van der Waals surface area contributed by atoms with Crippen molar-refractivity contribution in [2.75, 3.05) is 0 Å². The quantitative estimate of drug-likeness (QED) is 0.774. The smallest absolute Gasteiger partial charge is 0.310 e.